The summed E-state index contributed by atoms with van der Waals surface area (Å²) in [5.74, 6) is -2.11. The second-order valence-corrected chi connectivity index (χ2v) is 5.13. The highest BCUT2D eigenvalue weighted by Gasteiger charge is 2.21. The molecule has 0 aliphatic heterocycles. The number of nitrogens with zero attached hydrogens (tertiary/aromatic N) is 1. The van der Waals surface area contributed by atoms with E-state index in [0.29, 0.717) is 13.0 Å². The summed E-state index contributed by atoms with van der Waals surface area (Å²) in [6.45, 7) is 2.20. The van der Waals surface area contributed by atoms with Crippen LogP contribution in [0.5, 0.6) is 0 Å². The maximum absolute atomic E-state index is 11.5. The van der Waals surface area contributed by atoms with Crippen LogP contribution in [0.3, 0.4) is 0 Å². The van der Waals surface area contributed by atoms with Gasteiger partial charge in [0, 0.05) is 18.3 Å². The standard InChI is InChI=1S/C11H16N4O4S/c1-6-14-7(5-20-6)2-3-13-11(19)15-8(10(17)18)4-9(12)16/h5,8H,2-4H2,1H3,(H2,12,16)(H,17,18)(H2,13,15,19). The molecular formula is C11H16N4O4S. The van der Waals surface area contributed by atoms with E-state index < -0.39 is 30.4 Å². The van der Waals surface area contributed by atoms with E-state index in [4.69, 9.17) is 10.8 Å². The van der Waals surface area contributed by atoms with Gasteiger partial charge in [-0.05, 0) is 6.92 Å². The lowest BCUT2D eigenvalue weighted by Gasteiger charge is -2.13. The third-order valence-corrected chi connectivity index (χ3v) is 3.16. The van der Waals surface area contributed by atoms with E-state index >= 15 is 0 Å². The number of aromatic nitrogens is 1. The van der Waals surface area contributed by atoms with Gasteiger partial charge in [0.2, 0.25) is 5.91 Å². The number of aryl methyl sites for hydroxylation is 1. The molecule has 3 amide bonds. The van der Waals surface area contributed by atoms with Gasteiger partial charge in [-0.25, -0.2) is 14.6 Å². The van der Waals surface area contributed by atoms with Crippen molar-refractivity contribution in [3.05, 3.63) is 16.1 Å². The average Bonchev–Trinajstić information content (AvgIpc) is 2.73. The van der Waals surface area contributed by atoms with Crippen LogP contribution in [-0.4, -0.2) is 40.6 Å². The van der Waals surface area contributed by atoms with Crippen LogP contribution in [0.25, 0.3) is 0 Å². The molecule has 0 radical (unpaired) electrons. The first kappa shape index (κ1) is 15.9. The number of nitrogens with two attached hydrogens (primary N) is 1. The normalized spacial score (nSPS) is 11.7. The Morgan fingerprint density at radius 1 is 1.50 bits per heavy atom. The summed E-state index contributed by atoms with van der Waals surface area (Å²) >= 11 is 1.52. The Kier molecular flexibility index (Phi) is 5.91. The van der Waals surface area contributed by atoms with Gasteiger partial charge >= 0.3 is 12.0 Å². The number of nitrogens with one attached hydrogen (secondary N) is 2. The molecule has 1 atom stereocenters. The molecule has 110 valence electrons. The lowest BCUT2D eigenvalue weighted by atomic mass is 10.2. The minimum Gasteiger partial charge on any atom is -0.480 e. The zero-order chi connectivity index (χ0) is 15.1. The lowest BCUT2D eigenvalue weighted by Crippen LogP contribution is -2.48. The van der Waals surface area contributed by atoms with Crippen molar-refractivity contribution in [3.8, 4) is 0 Å². The van der Waals surface area contributed by atoms with Crippen LogP contribution in [0, 0.1) is 6.92 Å². The second-order valence-electron chi connectivity index (χ2n) is 4.07. The highest BCUT2D eigenvalue weighted by molar-refractivity contribution is 7.09. The third-order valence-electron chi connectivity index (χ3n) is 2.34. The highest BCUT2D eigenvalue weighted by Crippen LogP contribution is 2.07. The molecule has 0 aliphatic rings. The van der Waals surface area contributed by atoms with E-state index in [1.54, 1.807) is 0 Å². The summed E-state index contributed by atoms with van der Waals surface area (Å²) in [6, 6.07) is -1.99. The first-order valence-electron chi connectivity index (χ1n) is 5.85. The molecule has 8 nitrogen and oxygen atoms in total. The van der Waals surface area contributed by atoms with Crippen LogP contribution in [0.1, 0.15) is 17.1 Å². The Bertz CT molecular complexity index is 502. The smallest absolute Gasteiger partial charge is 0.326 e. The maximum Gasteiger partial charge on any atom is 0.326 e. The molecule has 1 unspecified atom stereocenters. The number of carbonyl (C=O) groups is 3. The Morgan fingerprint density at radius 3 is 2.70 bits per heavy atom. The van der Waals surface area contributed by atoms with Gasteiger partial charge in [0.15, 0.2) is 0 Å². The van der Waals surface area contributed by atoms with Gasteiger partial charge in [-0.1, -0.05) is 0 Å². The molecule has 5 N–H and O–H groups in total. The summed E-state index contributed by atoms with van der Waals surface area (Å²) < 4.78 is 0. The Hall–Kier alpha value is -2.16. The predicted octanol–water partition coefficient (Wildman–Crippen LogP) is -0.378. The number of carboxylic acid groups (broad SMARTS) is 1. The molecule has 0 saturated heterocycles. The van der Waals surface area contributed by atoms with E-state index in [-0.39, 0.29) is 0 Å². The van der Waals surface area contributed by atoms with Crippen LogP contribution >= 0.6 is 11.3 Å². The third kappa shape index (κ3) is 5.65. The number of primary amides is 1. The maximum atomic E-state index is 11.5. The van der Waals surface area contributed by atoms with Crippen LogP contribution in [0.2, 0.25) is 0 Å². The molecule has 20 heavy (non-hydrogen) atoms. The largest absolute Gasteiger partial charge is 0.480 e. The van der Waals surface area contributed by atoms with Crippen molar-refractivity contribution in [3.63, 3.8) is 0 Å². The Labute approximate surface area is 119 Å². The molecule has 0 aromatic carbocycles. The highest BCUT2D eigenvalue weighted by atomic mass is 32.1. The van der Waals surface area contributed by atoms with Crippen molar-refractivity contribution >= 4 is 29.2 Å². The molecular weight excluding hydrogens is 284 g/mol. The lowest BCUT2D eigenvalue weighted by molar-refractivity contribution is -0.140. The molecule has 0 bridgehead atoms. The minimum absolute atomic E-state index is 0.317. The molecule has 0 spiro atoms. The molecule has 1 rings (SSSR count). The Morgan fingerprint density at radius 2 is 2.20 bits per heavy atom. The van der Waals surface area contributed by atoms with Crippen LogP contribution in [0.15, 0.2) is 5.38 Å². The molecule has 1 heterocycles. The zero-order valence-corrected chi connectivity index (χ0v) is 11.7. The predicted molar refractivity (Wildman–Crippen MR) is 72.3 cm³/mol. The number of thiazole rings is 1. The van der Waals surface area contributed by atoms with Gasteiger partial charge in [0.1, 0.15) is 6.04 Å². The second kappa shape index (κ2) is 7.43. The Balaban J connectivity index is 2.34. The summed E-state index contributed by atoms with van der Waals surface area (Å²) in [6.07, 6.45) is 0.0966. The molecule has 1 aromatic rings. The number of carboxylic acids is 1. The van der Waals surface area contributed by atoms with Crippen molar-refractivity contribution in [2.24, 2.45) is 5.73 Å². The molecule has 0 aliphatic carbocycles. The number of urea groups is 1. The fourth-order valence-electron chi connectivity index (χ4n) is 1.44. The van der Waals surface area contributed by atoms with Crippen molar-refractivity contribution < 1.29 is 19.5 Å². The van der Waals surface area contributed by atoms with Crippen molar-refractivity contribution in [2.75, 3.05) is 6.54 Å². The number of amides is 3. The summed E-state index contributed by atoms with van der Waals surface area (Å²) in [5, 5.41) is 16.3. The quantitative estimate of drug-likeness (QED) is 0.544. The first-order valence-corrected chi connectivity index (χ1v) is 6.73. The SMILES string of the molecule is Cc1nc(CCNC(=O)NC(CC(N)=O)C(=O)O)cs1. The number of hydrogen-bond acceptors (Lipinski definition) is 5. The minimum atomic E-state index is -1.32. The zero-order valence-electron chi connectivity index (χ0n) is 10.9. The number of carbonyl (C=O) groups excluding carboxylic acids is 2. The van der Waals surface area contributed by atoms with Crippen LogP contribution in [-0.2, 0) is 16.0 Å². The topological polar surface area (TPSA) is 134 Å². The van der Waals surface area contributed by atoms with Crippen LogP contribution in [0.4, 0.5) is 4.79 Å². The number of aliphatic carboxylic acids is 1. The molecule has 1 aromatic heterocycles. The monoisotopic (exact) mass is 300 g/mol. The first-order chi connectivity index (χ1) is 9.38. The molecule has 9 heteroatoms. The average molecular weight is 300 g/mol. The summed E-state index contributed by atoms with van der Waals surface area (Å²) in [4.78, 5) is 37.2. The summed E-state index contributed by atoms with van der Waals surface area (Å²) in [7, 11) is 0. The summed E-state index contributed by atoms with van der Waals surface area (Å²) in [5.41, 5.74) is 5.77. The van der Waals surface area contributed by atoms with Gasteiger partial charge in [-0.15, -0.1) is 11.3 Å². The number of rotatable bonds is 7. The van der Waals surface area contributed by atoms with Crippen molar-refractivity contribution in [2.45, 2.75) is 25.8 Å². The van der Waals surface area contributed by atoms with E-state index in [1.165, 1.54) is 11.3 Å². The molecule has 0 saturated carbocycles. The fourth-order valence-corrected chi connectivity index (χ4v) is 2.08. The van der Waals surface area contributed by atoms with Gasteiger partial charge in [-0.3, -0.25) is 4.79 Å². The molecule has 0 fully saturated rings. The van der Waals surface area contributed by atoms with Gasteiger partial charge < -0.3 is 21.5 Å². The number of hydrogen-bond donors (Lipinski definition) is 4. The van der Waals surface area contributed by atoms with E-state index in [0.717, 1.165) is 10.7 Å². The van der Waals surface area contributed by atoms with Gasteiger partial charge in [0.25, 0.3) is 0 Å². The van der Waals surface area contributed by atoms with E-state index in [9.17, 15) is 14.4 Å². The van der Waals surface area contributed by atoms with E-state index in [2.05, 4.69) is 15.6 Å². The van der Waals surface area contributed by atoms with Crippen LogP contribution < -0.4 is 16.4 Å². The van der Waals surface area contributed by atoms with Crippen molar-refractivity contribution in [1.29, 1.82) is 0 Å². The van der Waals surface area contributed by atoms with E-state index in [1.807, 2.05) is 12.3 Å². The van der Waals surface area contributed by atoms with Gasteiger partial charge in [-0.2, -0.15) is 0 Å². The fraction of sp³-hybridized carbons (Fsp3) is 0.455. The van der Waals surface area contributed by atoms with Crippen molar-refractivity contribution in [1.82, 2.24) is 15.6 Å². The van der Waals surface area contributed by atoms with Gasteiger partial charge in [0.05, 0.1) is 17.1 Å².